The van der Waals surface area contributed by atoms with Crippen LogP contribution in [0.3, 0.4) is 0 Å². The molecular formula is C14H27N3OS. The van der Waals surface area contributed by atoms with Gasteiger partial charge >= 0.3 is 0 Å². The fourth-order valence-electron chi connectivity index (χ4n) is 2.61. The van der Waals surface area contributed by atoms with Crippen LogP contribution in [0.5, 0.6) is 0 Å². The van der Waals surface area contributed by atoms with Crippen molar-refractivity contribution in [1.82, 2.24) is 9.80 Å². The van der Waals surface area contributed by atoms with Crippen molar-refractivity contribution in [2.24, 2.45) is 5.73 Å². The molecule has 0 aromatic heterocycles. The Morgan fingerprint density at radius 1 is 1.21 bits per heavy atom. The highest BCUT2D eigenvalue weighted by Gasteiger charge is 2.26. The molecule has 0 aromatic rings. The molecule has 1 amide bonds. The van der Waals surface area contributed by atoms with Gasteiger partial charge in [0, 0.05) is 32.6 Å². The van der Waals surface area contributed by atoms with E-state index in [1.54, 1.807) is 0 Å². The number of nitrogens with zero attached hydrogens (tertiary/aromatic N) is 2. The van der Waals surface area contributed by atoms with E-state index in [2.05, 4.69) is 18.7 Å². The number of unbranched alkanes of at least 4 members (excludes halogenated alkanes) is 2. The van der Waals surface area contributed by atoms with Crippen LogP contribution in [0.15, 0.2) is 0 Å². The Morgan fingerprint density at radius 2 is 1.84 bits per heavy atom. The van der Waals surface area contributed by atoms with Gasteiger partial charge < -0.3 is 10.6 Å². The van der Waals surface area contributed by atoms with Gasteiger partial charge in [-0.15, -0.1) is 0 Å². The summed E-state index contributed by atoms with van der Waals surface area (Å²) >= 11 is 5.10. The highest BCUT2D eigenvalue weighted by atomic mass is 32.1. The predicted molar refractivity (Wildman–Crippen MR) is 83.2 cm³/mol. The van der Waals surface area contributed by atoms with Crippen LogP contribution in [0.4, 0.5) is 0 Å². The molecule has 4 nitrogen and oxygen atoms in total. The summed E-state index contributed by atoms with van der Waals surface area (Å²) in [5.41, 5.74) is 5.76. The van der Waals surface area contributed by atoms with Gasteiger partial charge in [0.15, 0.2) is 0 Å². The Morgan fingerprint density at radius 3 is 2.32 bits per heavy atom. The molecule has 2 N–H and O–H groups in total. The van der Waals surface area contributed by atoms with Crippen molar-refractivity contribution in [1.29, 1.82) is 0 Å². The zero-order valence-electron chi connectivity index (χ0n) is 12.2. The van der Waals surface area contributed by atoms with E-state index in [1.165, 1.54) is 0 Å². The molecule has 1 rings (SSSR count). The summed E-state index contributed by atoms with van der Waals surface area (Å²) in [6.45, 7) is 7.65. The van der Waals surface area contributed by atoms with Crippen LogP contribution in [0.1, 0.15) is 46.0 Å². The number of thiocarbonyl (C=S) groups is 1. The van der Waals surface area contributed by atoms with Crippen LogP contribution in [-0.4, -0.2) is 52.9 Å². The maximum absolute atomic E-state index is 12.0. The number of nitrogens with two attached hydrogens (primary N) is 1. The van der Waals surface area contributed by atoms with Crippen LogP contribution < -0.4 is 5.73 Å². The fraction of sp³-hybridized carbons (Fsp3) is 0.857. The lowest BCUT2D eigenvalue weighted by Gasteiger charge is -2.38. The van der Waals surface area contributed by atoms with Crippen LogP contribution >= 0.6 is 12.2 Å². The molecule has 5 heteroatoms. The number of amides is 1. The van der Waals surface area contributed by atoms with Gasteiger partial charge in [0.1, 0.15) is 0 Å². The standard InChI is InChI=1S/C14H27N3OS/c1-3-5-6-7-13(18)17-10-8-16(9-11-17)12(4-2)14(15)19/h12H,3-11H2,1-2H3,(H2,15,19). The lowest BCUT2D eigenvalue weighted by atomic mass is 10.1. The zero-order chi connectivity index (χ0) is 14.3. The Kier molecular flexibility index (Phi) is 7.31. The van der Waals surface area contributed by atoms with E-state index in [0.29, 0.717) is 17.3 Å². The average Bonchev–Trinajstić information content (AvgIpc) is 2.40. The van der Waals surface area contributed by atoms with Gasteiger partial charge in [-0.2, -0.15) is 0 Å². The fourth-order valence-corrected chi connectivity index (χ4v) is 2.92. The Bertz CT molecular complexity index is 301. The van der Waals surface area contributed by atoms with Gasteiger partial charge in [0.25, 0.3) is 0 Å². The van der Waals surface area contributed by atoms with Crippen LogP contribution in [-0.2, 0) is 4.79 Å². The number of hydrogen-bond acceptors (Lipinski definition) is 3. The minimum absolute atomic E-state index is 0.187. The second-order valence-corrected chi connectivity index (χ2v) is 5.67. The van der Waals surface area contributed by atoms with Gasteiger partial charge in [-0.1, -0.05) is 38.9 Å². The monoisotopic (exact) mass is 285 g/mol. The van der Waals surface area contributed by atoms with Crippen LogP contribution in [0, 0.1) is 0 Å². The molecule has 1 unspecified atom stereocenters. The topological polar surface area (TPSA) is 49.6 Å². The van der Waals surface area contributed by atoms with E-state index < -0.39 is 0 Å². The molecule has 0 aromatic carbocycles. The number of piperazine rings is 1. The van der Waals surface area contributed by atoms with Crippen LogP contribution in [0.2, 0.25) is 0 Å². The summed E-state index contributed by atoms with van der Waals surface area (Å²) in [5.74, 6) is 0.302. The number of carbonyl (C=O) groups is 1. The third-order valence-corrected chi connectivity index (χ3v) is 4.09. The molecule has 0 spiro atoms. The molecule has 1 aliphatic heterocycles. The van der Waals surface area contributed by atoms with Gasteiger partial charge in [-0.3, -0.25) is 9.69 Å². The maximum atomic E-state index is 12.0. The Balaban J connectivity index is 2.35. The summed E-state index contributed by atoms with van der Waals surface area (Å²) in [6, 6.07) is 0.187. The van der Waals surface area contributed by atoms with Gasteiger partial charge in [0.05, 0.1) is 11.0 Å². The van der Waals surface area contributed by atoms with Gasteiger partial charge in [-0.25, -0.2) is 0 Å². The summed E-state index contributed by atoms with van der Waals surface area (Å²) in [5, 5.41) is 0. The van der Waals surface area contributed by atoms with E-state index in [0.717, 1.165) is 51.9 Å². The summed E-state index contributed by atoms with van der Waals surface area (Å²) in [4.78, 5) is 16.9. The van der Waals surface area contributed by atoms with Gasteiger partial charge in [0.2, 0.25) is 5.91 Å². The molecule has 19 heavy (non-hydrogen) atoms. The highest BCUT2D eigenvalue weighted by molar-refractivity contribution is 7.80. The van der Waals surface area contributed by atoms with Gasteiger partial charge in [-0.05, 0) is 12.8 Å². The molecular weight excluding hydrogens is 258 g/mol. The van der Waals surface area contributed by atoms with E-state index in [9.17, 15) is 4.79 Å². The third kappa shape index (κ3) is 5.07. The molecule has 0 radical (unpaired) electrons. The lowest BCUT2D eigenvalue weighted by molar-refractivity contribution is -0.133. The van der Waals surface area contributed by atoms with E-state index in [-0.39, 0.29) is 6.04 Å². The number of carbonyl (C=O) groups excluding carboxylic acids is 1. The predicted octanol–water partition coefficient (Wildman–Crippen LogP) is 1.78. The van der Waals surface area contributed by atoms with Crippen molar-refractivity contribution in [3.05, 3.63) is 0 Å². The average molecular weight is 285 g/mol. The zero-order valence-corrected chi connectivity index (χ0v) is 13.0. The second kappa shape index (κ2) is 8.48. The minimum atomic E-state index is 0.187. The molecule has 110 valence electrons. The molecule has 1 saturated heterocycles. The molecule has 1 fully saturated rings. The van der Waals surface area contributed by atoms with E-state index >= 15 is 0 Å². The van der Waals surface area contributed by atoms with E-state index in [1.807, 2.05) is 4.90 Å². The van der Waals surface area contributed by atoms with Crippen molar-refractivity contribution in [2.75, 3.05) is 26.2 Å². The first-order valence-electron chi connectivity index (χ1n) is 7.41. The van der Waals surface area contributed by atoms with E-state index in [4.69, 9.17) is 18.0 Å². The van der Waals surface area contributed by atoms with Crippen LogP contribution in [0.25, 0.3) is 0 Å². The SMILES string of the molecule is CCCCCC(=O)N1CCN(C(CC)C(N)=S)CC1. The summed E-state index contributed by atoms with van der Waals surface area (Å²) in [6.07, 6.45) is 4.96. The smallest absolute Gasteiger partial charge is 0.222 e. The quantitative estimate of drug-likeness (QED) is 0.572. The second-order valence-electron chi connectivity index (χ2n) is 5.20. The lowest BCUT2D eigenvalue weighted by Crippen LogP contribution is -2.54. The van der Waals surface area contributed by atoms with Crippen molar-refractivity contribution in [3.8, 4) is 0 Å². The normalized spacial score (nSPS) is 18.3. The highest BCUT2D eigenvalue weighted by Crippen LogP contribution is 2.12. The maximum Gasteiger partial charge on any atom is 0.222 e. The first-order chi connectivity index (χ1) is 9.10. The molecule has 0 bridgehead atoms. The Labute approximate surface area is 122 Å². The minimum Gasteiger partial charge on any atom is -0.392 e. The molecule has 1 atom stereocenters. The summed E-state index contributed by atoms with van der Waals surface area (Å²) < 4.78 is 0. The third-order valence-electron chi connectivity index (χ3n) is 3.82. The molecule has 0 saturated carbocycles. The summed E-state index contributed by atoms with van der Waals surface area (Å²) in [7, 11) is 0. The molecule has 0 aliphatic carbocycles. The van der Waals surface area contributed by atoms with Crippen molar-refractivity contribution < 1.29 is 4.79 Å². The van der Waals surface area contributed by atoms with Crippen molar-refractivity contribution in [3.63, 3.8) is 0 Å². The first kappa shape index (κ1) is 16.4. The first-order valence-corrected chi connectivity index (χ1v) is 7.82. The molecule has 1 aliphatic rings. The molecule has 1 heterocycles. The number of hydrogen-bond donors (Lipinski definition) is 1. The van der Waals surface area contributed by atoms with Crippen molar-refractivity contribution in [2.45, 2.75) is 52.0 Å². The largest absolute Gasteiger partial charge is 0.392 e. The van der Waals surface area contributed by atoms with Crippen molar-refractivity contribution >= 4 is 23.1 Å². The Hall–Kier alpha value is -0.680. The number of rotatable bonds is 7.